The predicted molar refractivity (Wildman–Crippen MR) is 70.2 cm³/mol. The molecule has 0 spiro atoms. The van der Waals surface area contributed by atoms with Crippen LogP contribution in [0.25, 0.3) is 0 Å². The second-order valence-corrected chi connectivity index (χ2v) is 4.93. The van der Waals surface area contributed by atoms with Gasteiger partial charge in [-0.25, -0.2) is 0 Å². The minimum Gasteiger partial charge on any atom is -0.497 e. The van der Waals surface area contributed by atoms with Crippen LogP contribution in [0.15, 0.2) is 24.3 Å². The zero-order chi connectivity index (χ0) is 12.3. The van der Waals surface area contributed by atoms with E-state index in [-0.39, 0.29) is 0 Å². The summed E-state index contributed by atoms with van der Waals surface area (Å²) >= 11 is 0. The van der Waals surface area contributed by atoms with Crippen molar-refractivity contribution >= 4 is 0 Å². The second kappa shape index (κ2) is 5.52. The highest BCUT2D eigenvalue weighted by atomic mass is 16.5. The Hall–Kier alpha value is -1.06. The van der Waals surface area contributed by atoms with Gasteiger partial charge in [0, 0.05) is 18.1 Å². The molecule has 0 saturated heterocycles. The Balaban J connectivity index is 1.92. The number of hydrogen-bond acceptors (Lipinski definition) is 3. The molecule has 1 aromatic rings. The number of nitrogens with two attached hydrogens (primary N) is 1. The Bertz CT molecular complexity index is 350. The molecule has 94 valence electrons. The number of rotatable bonds is 4. The van der Waals surface area contributed by atoms with Crippen molar-refractivity contribution in [3.8, 4) is 5.75 Å². The van der Waals surface area contributed by atoms with Crippen molar-refractivity contribution in [3.63, 3.8) is 0 Å². The maximum Gasteiger partial charge on any atom is 0.118 e. The van der Waals surface area contributed by atoms with Crippen LogP contribution in [0.1, 0.15) is 37.8 Å². The highest BCUT2D eigenvalue weighted by Crippen LogP contribution is 2.22. The van der Waals surface area contributed by atoms with Crippen LogP contribution >= 0.6 is 0 Å². The van der Waals surface area contributed by atoms with E-state index >= 15 is 0 Å². The van der Waals surface area contributed by atoms with Crippen LogP contribution in [-0.2, 0) is 0 Å². The Kier molecular flexibility index (Phi) is 4.02. The summed E-state index contributed by atoms with van der Waals surface area (Å²) in [6.07, 6.45) is 3.44. The molecular formula is C14H22N2O. The van der Waals surface area contributed by atoms with Gasteiger partial charge < -0.3 is 15.8 Å². The van der Waals surface area contributed by atoms with Gasteiger partial charge in [0.2, 0.25) is 0 Å². The summed E-state index contributed by atoms with van der Waals surface area (Å²) in [6, 6.07) is 9.58. The second-order valence-electron chi connectivity index (χ2n) is 4.93. The van der Waals surface area contributed by atoms with E-state index in [2.05, 4.69) is 24.4 Å². The van der Waals surface area contributed by atoms with E-state index in [0.29, 0.717) is 18.1 Å². The highest BCUT2D eigenvalue weighted by Gasteiger charge is 2.22. The lowest BCUT2D eigenvalue weighted by Gasteiger charge is -2.20. The first kappa shape index (κ1) is 12.4. The molecule has 0 aliphatic heterocycles. The van der Waals surface area contributed by atoms with E-state index < -0.39 is 0 Å². The van der Waals surface area contributed by atoms with Crippen molar-refractivity contribution in [3.05, 3.63) is 29.8 Å². The maximum absolute atomic E-state index is 5.92. The predicted octanol–water partition coefficient (Wildman–Crippen LogP) is 2.23. The monoisotopic (exact) mass is 234 g/mol. The van der Waals surface area contributed by atoms with Gasteiger partial charge in [0.15, 0.2) is 0 Å². The van der Waals surface area contributed by atoms with Gasteiger partial charge in [0.25, 0.3) is 0 Å². The van der Waals surface area contributed by atoms with Crippen molar-refractivity contribution in [1.82, 2.24) is 5.32 Å². The Morgan fingerprint density at radius 2 is 2.00 bits per heavy atom. The number of nitrogens with one attached hydrogen (secondary N) is 1. The molecule has 2 rings (SSSR count). The van der Waals surface area contributed by atoms with Crippen LogP contribution in [0.3, 0.4) is 0 Å². The topological polar surface area (TPSA) is 47.3 Å². The smallest absolute Gasteiger partial charge is 0.118 e. The molecule has 1 fully saturated rings. The van der Waals surface area contributed by atoms with E-state index in [9.17, 15) is 0 Å². The minimum atomic E-state index is 0.371. The fourth-order valence-corrected chi connectivity index (χ4v) is 2.51. The number of benzene rings is 1. The van der Waals surface area contributed by atoms with Crippen LogP contribution in [0.2, 0.25) is 0 Å². The maximum atomic E-state index is 5.92. The first-order valence-electron chi connectivity index (χ1n) is 6.34. The molecular weight excluding hydrogens is 212 g/mol. The first-order valence-corrected chi connectivity index (χ1v) is 6.34. The van der Waals surface area contributed by atoms with E-state index in [0.717, 1.165) is 18.6 Å². The number of hydrogen-bond donors (Lipinski definition) is 2. The Labute approximate surface area is 103 Å². The van der Waals surface area contributed by atoms with Gasteiger partial charge in [0.1, 0.15) is 5.75 Å². The summed E-state index contributed by atoms with van der Waals surface area (Å²) in [5.74, 6) is 0.906. The third kappa shape index (κ3) is 3.20. The molecule has 0 radical (unpaired) electrons. The van der Waals surface area contributed by atoms with Gasteiger partial charge in [-0.05, 0) is 43.9 Å². The summed E-state index contributed by atoms with van der Waals surface area (Å²) in [7, 11) is 1.69. The van der Waals surface area contributed by atoms with Crippen molar-refractivity contribution in [2.24, 2.45) is 5.73 Å². The third-order valence-electron chi connectivity index (χ3n) is 3.57. The molecule has 1 saturated carbocycles. The zero-order valence-corrected chi connectivity index (χ0v) is 10.6. The Morgan fingerprint density at radius 3 is 2.53 bits per heavy atom. The molecule has 3 heteroatoms. The van der Waals surface area contributed by atoms with Crippen molar-refractivity contribution in [2.45, 2.75) is 44.3 Å². The lowest BCUT2D eigenvalue weighted by atomic mass is 10.1. The number of ether oxygens (including phenoxy) is 1. The van der Waals surface area contributed by atoms with Crippen LogP contribution in [0.4, 0.5) is 0 Å². The fourth-order valence-electron chi connectivity index (χ4n) is 2.51. The molecule has 1 aliphatic carbocycles. The fraction of sp³-hybridized carbons (Fsp3) is 0.571. The van der Waals surface area contributed by atoms with Crippen molar-refractivity contribution in [1.29, 1.82) is 0 Å². The van der Waals surface area contributed by atoms with Gasteiger partial charge in [0.05, 0.1) is 7.11 Å². The molecule has 0 amide bonds. The minimum absolute atomic E-state index is 0.371. The van der Waals surface area contributed by atoms with Gasteiger partial charge in [-0.1, -0.05) is 12.1 Å². The van der Waals surface area contributed by atoms with Crippen molar-refractivity contribution < 1.29 is 4.74 Å². The van der Waals surface area contributed by atoms with Gasteiger partial charge in [-0.15, -0.1) is 0 Å². The Morgan fingerprint density at radius 1 is 1.29 bits per heavy atom. The van der Waals surface area contributed by atoms with Crippen molar-refractivity contribution in [2.75, 3.05) is 7.11 Å². The van der Waals surface area contributed by atoms with Crippen LogP contribution < -0.4 is 15.8 Å². The zero-order valence-electron chi connectivity index (χ0n) is 10.6. The molecule has 1 aromatic carbocycles. The van der Waals surface area contributed by atoms with Crippen LogP contribution in [-0.4, -0.2) is 19.2 Å². The lowest BCUT2D eigenvalue weighted by Crippen LogP contribution is -2.30. The standard InChI is InChI=1S/C14H22N2O/c1-10(16-13-6-5-12(15)9-13)11-3-7-14(17-2)8-4-11/h3-4,7-8,10,12-13,16H,5-6,9,15H2,1-2H3. The van der Waals surface area contributed by atoms with E-state index in [1.165, 1.54) is 12.0 Å². The lowest BCUT2D eigenvalue weighted by molar-refractivity contribution is 0.413. The summed E-state index contributed by atoms with van der Waals surface area (Å²) < 4.78 is 5.16. The first-order chi connectivity index (χ1) is 8.19. The SMILES string of the molecule is COc1ccc(C(C)NC2CCC(N)C2)cc1. The molecule has 3 unspecified atom stereocenters. The number of methoxy groups -OCH3 is 1. The summed E-state index contributed by atoms with van der Waals surface area (Å²) in [4.78, 5) is 0. The van der Waals surface area contributed by atoms with Gasteiger partial charge in [-0.2, -0.15) is 0 Å². The van der Waals surface area contributed by atoms with E-state index in [1.807, 2.05) is 12.1 Å². The molecule has 17 heavy (non-hydrogen) atoms. The summed E-state index contributed by atoms with van der Waals surface area (Å²) in [5.41, 5.74) is 7.22. The molecule has 3 N–H and O–H groups in total. The molecule has 1 aliphatic rings. The molecule has 0 bridgehead atoms. The van der Waals surface area contributed by atoms with Crippen LogP contribution in [0.5, 0.6) is 5.75 Å². The van der Waals surface area contributed by atoms with E-state index in [4.69, 9.17) is 10.5 Å². The largest absolute Gasteiger partial charge is 0.497 e. The quantitative estimate of drug-likeness (QED) is 0.840. The average Bonchev–Trinajstić information content (AvgIpc) is 2.75. The van der Waals surface area contributed by atoms with Gasteiger partial charge in [-0.3, -0.25) is 0 Å². The molecule has 0 aromatic heterocycles. The molecule has 3 atom stereocenters. The molecule has 3 nitrogen and oxygen atoms in total. The van der Waals surface area contributed by atoms with Gasteiger partial charge >= 0.3 is 0 Å². The third-order valence-corrected chi connectivity index (χ3v) is 3.57. The average molecular weight is 234 g/mol. The normalized spacial score (nSPS) is 25.8. The highest BCUT2D eigenvalue weighted by molar-refractivity contribution is 5.28. The van der Waals surface area contributed by atoms with Crippen LogP contribution in [0, 0.1) is 0 Å². The summed E-state index contributed by atoms with van der Waals surface area (Å²) in [6.45, 7) is 2.20. The summed E-state index contributed by atoms with van der Waals surface area (Å²) in [5, 5.41) is 3.64. The van der Waals surface area contributed by atoms with E-state index in [1.54, 1.807) is 7.11 Å². The molecule has 0 heterocycles.